The standard InChI is InChI=1S/C17H16F3N3O2S/c1-16(2,9-24)22-14(25)13-8-26-15-21-12(7-23(13)15)10-3-5-11(6-4-10)17(18,19)20/h3-8,24H,9H2,1-2H3,(H,22,25). The molecular formula is C17H16F3N3O2S. The largest absolute Gasteiger partial charge is 0.416 e. The van der Waals surface area contributed by atoms with Crippen LogP contribution in [0.3, 0.4) is 0 Å². The number of nitrogens with one attached hydrogen (secondary N) is 1. The lowest BCUT2D eigenvalue weighted by Gasteiger charge is -2.23. The molecule has 0 aliphatic carbocycles. The Morgan fingerprint density at radius 2 is 1.92 bits per heavy atom. The summed E-state index contributed by atoms with van der Waals surface area (Å²) in [5.41, 5.74) is -0.162. The van der Waals surface area contributed by atoms with E-state index in [0.29, 0.717) is 21.9 Å². The number of amides is 1. The normalized spacial score (nSPS) is 12.5. The van der Waals surface area contributed by atoms with Crippen LogP contribution in [-0.4, -0.2) is 32.5 Å². The minimum Gasteiger partial charge on any atom is -0.394 e. The lowest BCUT2D eigenvalue weighted by molar-refractivity contribution is -0.137. The summed E-state index contributed by atoms with van der Waals surface area (Å²) < 4.78 is 39.6. The van der Waals surface area contributed by atoms with Gasteiger partial charge in [-0.25, -0.2) is 4.98 Å². The Balaban J connectivity index is 1.91. The fraction of sp³-hybridized carbons (Fsp3) is 0.294. The van der Waals surface area contributed by atoms with Gasteiger partial charge >= 0.3 is 6.18 Å². The van der Waals surface area contributed by atoms with Crippen molar-refractivity contribution in [3.05, 3.63) is 47.1 Å². The highest BCUT2D eigenvalue weighted by Gasteiger charge is 2.30. The number of alkyl halides is 3. The van der Waals surface area contributed by atoms with Gasteiger partial charge in [-0.3, -0.25) is 9.20 Å². The summed E-state index contributed by atoms with van der Waals surface area (Å²) in [6, 6.07) is 4.70. The zero-order valence-corrected chi connectivity index (χ0v) is 14.8. The third kappa shape index (κ3) is 3.58. The van der Waals surface area contributed by atoms with Crippen molar-refractivity contribution in [1.82, 2.24) is 14.7 Å². The minimum absolute atomic E-state index is 0.216. The third-order valence-corrected chi connectivity index (χ3v) is 4.64. The molecule has 0 aliphatic rings. The molecule has 0 atom stereocenters. The number of halogens is 3. The Hall–Kier alpha value is -2.39. The van der Waals surface area contributed by atoms with Crippen molar-refractivity contribution in [1.29, 1.82) is 0 Å². The summed E-state index contributed by atoms with van der Waals surface area (Å²) in [7, 11) is 0. The van der Waals surface area contributed by atoms with Crippen molar-refractivity contribution in [2.24, 2.45) is 0 Å². The molecule has 2 heterocycles. The average molecular weight is 383 g/mol. The maximum absolute atomic E-state index is 12.7. The molecule has 2 N–H and O–H groups in total. The number of hydrogen-bond acceptors (Lipinski definition) is 4. The zero-order valence-electron chi connectivity index (χ0n) is 14.0. The summed E-state index contributed by atoms with van der Waals surface area (Å²) >= 11 is 1.25. The molecule has 0 spiro atoms. The van der Waals surface area contributed by atoms with Crippen molar-refractivity contribution in [3.63, 3.8) is 0 Å². The number of aliphatic hydroxyl groups is 1. The van der Waals surface area contributed by atoms with E-state index < -0.39 is 17.3 Å². The highest BCUT2D eigenvalue weighted by Crippen LogP contribution is 2.31. The number of hydrogen-bond donors (Lipinski definition) is 2. The average Bonchev–Trinajstić information content (AvgIpc) is 3.14. The second kappa shape index (κ2) is 6.40. The molecule has 0 radical (unpaired) electrons. The Labute approximate surface area is 151 Å². The van der Waals surface area contributed by atoms with E-state index in [2.05, 4.69) is 10.3 Å². The first kappa shape index (κ1) is 18.4. The second-order valence-corrected chi connectivity index (χ2v) is 7.31. The zero-order chi connectivity index (χ0) is 19.1. The van der Waals surface area contributed by atoms with Gasteiger partial charge in [0.1, 0.15) is 5.69 Å². The Bertz CT molecular complexity index is 942. The van der Waals surface area contributed by atoms with Crippen LogP contribution in [0.4, 0.5) is 13.2 Å². The number of thiazole rings is 1. The van der Waals surface area contributed by atoms with Gasteiger partial charge in [0, 0.05) is 17.1 Å². The Morgan fingerprint density at radius 3 is 2.50 bits per heavy atom. The lowest BCUT2D eigenvalue weighted by atomic mass is 10.1. The highest BCUT2D eigenvalue weighted by molar-refractivity contribution is 7.15. The Morgan fingerprint density at radius 1 is 1.27 bits per heavy atom. The molecule has 0 unspecified atom stereocenters. The van der Waals surface area contributed by atoms with Gasteiger partial charge in [0.05, 0.1) is 23.4 Å². The first-order valence-corrected chi connectivity index (χ1v) is 8.56. The third-order valence-electron chi connectivity index (χ3n) is 3.80. The molecule has 0 bridgehead atoms. The van der Waals surface area contributed by atoms with Gasteiger partial charge in [0.2, 0.25) is 0 Å². The number of carbonyl (C=O) groups is 1. The van der Waals surface area contributed by atoms with E-state index in [1.165, 1.54) is 23.5 Å². The Kier molecular flexibility index (Phi) is 4.53. The van der Waals surface area contributed by atoms with Crippen molar-refractivity contribution in [2.75, 3.05) is 6.61 Å². The number of benzene rings is 1. The van der Waals surface area contributed by atoms with Gasteiger partial charge in [0.25, 0.3) is 5.91 Å². The van der Waals surface area contributed by atoms with Crippen molar-refractivity contribution in [2.45, 2.75) is 25.6 Å². The molecule has 3 aromatic rings. The summed E-state index contributed by atoms with van der Waals surface area (Å²) in [5.74, 6) is -0.369. The molecule has 138 valence electrons. The van der Waals surface area contributed by atoms with Crippen LogP contribution in [0.15, 0.2) is 35.8 Å². The molecule has 1 amide bonds. The fourth-order valence-corrected chi connectivity index (χ4v) is 3.18. The molecule has 0 aliphatic heterocycles. The summed E-state index contributed by atoms with van der Waals surface area (Å²) in [5, 5.41) is 13.6. The summed E-state index contributed by atoms with van der Waals surface area (Å²) in [4.78, 5) is 17.3. The van der Waals surface area contributed by atoms with Crippen molar-refractivity contribution >= 4 is 22.2 Å². The number of carbonyl (C=O) groups excluding carboxylic acids is 1. The number of nitrogens with zero attached hydrogens (tertiary/aromatic N) is 2. The maximum Gasteiger partial charge on any atom is 0.416 e. The van der Waals surface area contributed by atoms with Gasteiger partial charge in [-0.1, -0.05) is 12.1 Å². The van der Waals surface area contributed by atoms with E-state index >= 15 is 0 Å². The molecule has 3 rings (SSSR count). The molecule has 0 saturated carbocycles. The number of fused-ring (bicyclic) bond motifs is 1. The monoisotopic (exact) mass is 383 g/mol. The van der Waals surface area contributed by atoms with E-state index in [4.69, 9.17) is 0 Å². The summed E-state index contributed by atoms with van der Waals surface area (Å²) in [6.07, 6.45) is -2.78. The molecule has 0 fully saturated rings. The topological polar surface area (TPSA) is 66.6 Å². The smallest absolute Gasteiger partial charge is 0.394 e. The molecule has 0 saturated heterocycles. The van der Waals surface area contributed by atoms with Crippen molar-refractivity contribution < 1.29 is 23.1 Å². The van der Waals surface area contributed by atoms with Gasteiger partial charge in [-0.05, 0) is 26.0 Å². The first-order chi connectivity index (χ1) is 12.1. The quantitative estimate of drug-likeness (QED) is 0.724. The van der Waals surface area contributed by atoms with E-state index in [1.54, 1.807) is 29.8 Å². The SMILES string of the molecule is CC(C)(CO)NC(=O)c1csc2nc(-c3ccc(C(F)(F)F)cc3)cn12. The fourth-order valence-electron chi connectivity index (χ4n) is 2.33. The van der Waals surface area contributed by atoms with Crippen LogP contribution in [-0.2, 0) is 6.18 Å². The van der Waals surface area contributed by atoms with Crippen LogP contribution < -0.4 is 5.32 Å². The van der Waals surface area contributed by atoms with Crippen LogP contribution in [0, 0.1) is 0 Å². The number of rotatable bonds is 4. The van der Waals surface area contributed by atoms with Crippen LogP contribution >= 0.6 is 11.3 Å². The number of aliphatic hydroxyl groups excluding tert-OH is 1. The van der Waals surface area contributed by atoms with Gasteiger partial charge in [-0.15, -0.1) is 11.3 Å². The predicted molar refractivity (Wildman–Crippen MR) is 92.1 cm³/mol. The molecule has 26 heavy (non-hydrogen) atoms. The van der Waals surface area contributed by atoms with Crippen LogP contribution in [0.5, 0.6) is 0 Å². The number of aromatic nitrogens is 2. The van der Waals surface area contributed by atoms with E-state index in [0.717, 1.165) is 12.1 Å². The minimum atomic E-state index is -4.39. The highest BCUT2D eigenvalue weighted by atomic mass is 32.1. The van der Waals surface area contributed by atoms with Crippen LogP contribution in [0.25, 0.3) is 16.2 Å². The van der Waals surface area contributed by atoms with Crippen LogP contribution in [0.1, 0.15) is 29.9 Å². The predicted octanol–water partition coefficient (Wildman–Crippen LogP) is 3.58. The number of imidazole rings is 1. The maximum atomic E-state index is 12.7. The molecular weight excluding hydrogens is 367 g/mol. The molecule has 2 aromatic heterocycles. The van der Waals surface area contributed by atoms with Gasteiger partial charge in [-0.2, -0.15) is 13.2 Å². The van der Waals surface area contributed by atoms with Crippen molar-refractivity contribution in [3.8, 4) is 11.3 Å². The van der Waals surface area contributed by atoms with Gasteiger partial charge < -0.3 is 10.4 Å². The molecule has 9 heteroatoms. The molecule has 5 nitrogen and oxygen atoms in total. The first-order valence-electron chi connectivity index (χ1n) is 7.68. The van der Waals surface area contributed by atoms with Gasteiger partial charge in [0.15, 0.2) is 4.96 Å². The molecule has 1 aromatic carbocycles. The van der Waals surface area contributed by atoms with E-state index in [1.807, 2.05) is 0 Å². The van der Waals surface area contributed by atoms with E-state index in [9.17, 15) is 23.1 Å². The summed E-state index contributed by atoms with van der Waals surface area (Å²) in [6.45, 7) is 3.17. The second-order valence-electron chi connectivity index (χ2n) is 6.47. The van der Waals surface area contributed by atoms with Crippen LogP contribution in [0.2, 0.25) is 0 Å². The van der Waals surface area contributed by atoms with E-state index in [-0.39, 0.29) is 12.5 Å². The lowest BCUT2D eigenvalue weighted by Crippen LogP contribution is -2.46.